The molecule has 26 heavy (non-hydrogen) atoms. The molecule has 0 aromatic heterocycles. The Labute approximate surface area is 159 Å². The van der Waals surface area contributed by atoms with Crippen molar-refractivity contribution in [2.24, 2.45) is 0 Å². The molecule has 0 radical (unpaired) electrons. The number of amides is 4. The Morgan fingerprint density at radius 2 is 1.92 bits per heavy atom. The number of anilines is 1. The summed E-state index contributed by atoms with van der Waals surface area (Å²) in [6, 6.07) is 13.9. The first kappa shape index (κ1) is 17.9. The highest BCUT2D eigenvalue weighted by atomic mass is 79.9. The highest BCUT2D eigenvalue weighted by molar-refractivity contribution is 9.10. The van der Waals surface area contributed by atoms with Gasteiger partial charge in [-0.3, -0.25) is 9.59 Å². The molecule has 0 unspecified atom stereocenters. The van der Waals surface area contributed by atoms with E-state index in [1.54, 1.807) is 18.2 Å². The van der Waals surface area contributed by atoms with Gasteiger partial charge in [-0.15, -0.1) is 0 Å². The van der Waals surface area contributed by atoms with Crippen LogP contribution in [-0.2, 0) is 9.59 Å². The highest BCUT2D eigenvalue weighted by Crippen LogP contribution is 2.17. The second kappa shape index (κ2) is 7.53. The molecule has 2 N–H and O–H groups in total. The summed E-state index contributed by atoms with van der Waals surface area (Å²) in [5.41, 5.74) is 2.57. The molecule has 4 amide bonds. The number of nitrogens with one attached hydrogen (secondary N) is 2. The number of hydrogen-bond donors (Lipinski definition) is 2. The zero-order valence-corrected chi connectivity index (χ0v) is 15.5. The first-order valence-electron chi connectivity index (χ1n) is 7.89. The smallest absolute Gasteiger partial charge is 0.325 e. The Kier molecular flexibility index (Phi) is 5.18. The van der Waals surface area contributed by atoms with E-state index in [2.05, 4.69) is 26.6 Å². The van der Waals surface area contributed by atoms with Gasteiger partial charge in [-0.2, -0.15) is 0 Å². The first-order chi connectivity index (χ1) is 12.4. The van der Waals surface area contributed by atoms with E-state index in [4.69, 9.17) is 0 Å². The lowest BCUT2D eigenvalue weighted by Gasteiger charge is -2.12. The van der Waals surface area contributed by atoms with Crippen LogP contribution in [0.4, 0.5) is 10.5 Å². The Bertz CT molecular complexity index is 907. The molecule has 2 aromatic carbocycles. The molecule has 132 valence electrons. The maximum absolute atomic E-state index is 12.4. The molecule has 1 heterocycles. The van der Waals surface area contributed by atoms with Gasteiger partial charge in [0.2, 0.25) is 5.91 Å². The van der Waals surface area contributed by atoms with Crippen molar-refractivity contribution < 1.29 is 14.4 Å². The van der Waals surface area contributed by atoms with E-state index in [0.717, 1.165) is 20.5 Å². The number of benzene rings is 2. The van der Waals surface area contributed by atoms with Gasteiger partial charge < -0.3 is 10.6 Å². The quantitative estimate of drug-likeness (QED) is 0.596. The number of carbonyl (C=O) groups excluding carboxylic acids is 3. The lowest BCUT2D eigenvalue weighted by atomic mass is 10.2. The van der Waals surface area contributed by atoms with Gasteiger partial charge in [-0.1, -0.05) is 45.8 Å². The molecule has 0 atom stereocenters. The maximum atomic E-state index is 12.4. The molecular formula is C19H16BrN3O3. The number of urea groups is 1. The summed E-state index contributed by atoms with van der Waals surface area (Å²) in [6.07, 6.45) is 1.57. The maximum Gasteiger partial charge on any atom is 0.329 e. The third-order valence-corrected chi connectivity index (χ3v) is 4.25. The van der Waals surface area contributed by atoms with Crippen molar-refractivity contribution >= 4 is 45.5 Å². The third-order valence-electron chi connectivity index (χ3n) is 3.76. The van der Waals surface area contributed by atoms with E-state index >= 15 is 0 Å². The van der Waals surface area contributed by atoms with Gasteiger partial charge in [0, 0.05) is 10.2 Å². The number of carbonyl (C=O) groups is 3. The molecule has 2 aromatic rings. The van der Waals surface area contributed by atoms with Crippen LogP contribution in [0, 0.1) is 6.92 Å². The number of imide groups is 1. The summed E-state index contributed by atoms with van der Waals surface area (Å²) in [6.45, 7) is 1.59. The normalized spacial score (nSPS) is 15.3. The second-order valence-corrected chi connectivity index (χ2v) is 6.76. The Hall–Kier alpha value is -2.93. The van der Waals surface area contributed by atoms with E-state index in [9.17, 15) is 14.4 Å². The molecule has 1 aliphatic rings. The molecule has 0 aliphatic carbocycles. The van der Waals surface area contributed by atoms with Crippen molar-refractivity contribution in [3.8, 4) is 0 Å². The van der Waals surface area contributed by atoms with Crippen LogP contribution in [0.2, 0.25) is 0 Å². The lowest BCUT2D eigenvalue weighted by molar-refractivity contribution is -0.127. The van der Waals surface area contributed by atoms with E-state index < -0.39 is 17.8 Å². The van der Waals surface area contributed by atoms with Gasteiger partial charge in [0.15, 0.2) is 0 Å². The average molecular weight is 414 g/mol. The van der Waals surface area contributed by atoms with E-state index in [0.29, 0.717) is 5.69 Å². The number of hydrogen-bond acceptors (Lipinski definition) is 3. The minimum Gasteiger partial charge on any atom is -0.325 e. The number of rotatable bonds is 4. The minimum absolute atomic E-state index is 0.135. The average Bonchev–Trinajstić information content (AvgIpc) is 2.84. The summed E-state index contributed by atoms with van der Waals surface area (Å²) >= 11 is 3.35. The fourth-order valence-corrected chi connectivity index (χ4v) is 2.88. The molecular weight excluding hydrogens is 398 g/mol. The third kappa shape index (κ3) is 4.18. The zero-order chi connectivity index (χ0) is 18.7. The summed E-state index contributed by atoms with van der Waals surface area (Å²) in [7, 11) is 0. The van der Waals surface area contributed by atoms with E-state index in [-0.39, 0.29) is 12.2 Å². The molecule has 7 heteroatoms. The van der Waals surface area contributed by atoms with Gasteiger partial charge >= 0.3 is 6.03 Å². The summed E-state index contributed by atoms with van der Waals surface area (Å²) in [4.78, 5) is 37.5. The van der Waals surface area contributed by atoms with Crippen molar-refractivity contribution in [3.05, 3.63) is 69.8 Å². The fraction of sp³-hybridized carbons (Fsp3) is 0.105. The predicted octanol–water partition coefficient (Wildman–Crippen LogP) is 3.29. The van der Waals surface area contributed by atoms with Crippen LogP contribution in [0.25, 0.3) is 6.08 Å². The van der Waals surface area contributed by atoms with Gasteiger partial charge in [0.05, 0.1) is 0 Å². The fourth-order valence-electron chi connectivity index (χ4n) is 2.46. The van der Waals surface area contributed by atoms with Gasteiger partial charge in [-0.25, -0.2) is 9.69 Å². The van der Waals surface area contributed by atoms with Crippen LogP contribution < -0.4 is 10.6 Å². The topological polar surface area (TPSA) is 78.5 Å². The molecule has 0 bridgehead atoms. The number of nitrogens with zero attached hydrogens (tertiary/aromatic N) is 1. The van der Waals surface area contributed by atoms with Crippen LogP contribution >= 0.6 is 15.9 Å². The Morgan fingerprint density at radius 3 is 2.62 bits per heavy atom. The van der Waals surface area contributed by atoms with Crippen molar-refractivity contribution in [3.63, 3.8) is 0 Å². The standard InChI is InChI=1S/C19H16BrN3O3/c1-12-5-7-15(8-6-12)21-17(24)11-23-18(25)16(22-19(23)26)10-13-3-2-4-14(20)9-13/h2-10H,11H2,1H3,(H,21,24)(H,22,26). The van der Waals surface area contributed by atoms with Crippen LogP contribution in [0.3, 0.4) is 0 Å². The van der Waals surface area contributed by atoms with Gasteiger partial charge in [0.25, 0.3) is 5.91 Å². The van der Waals surface area contributed by atoms with Gasteiger partial charge in [-0.05, 0) is 42.8 Å². The van der Waals surface area contributed by atoms with E-state index in [1.165, 1.54) is 0 Å². The predicted molar refractivity (Wildman–Crippen MR) is 102 cm³/mol. The molecule has 1 aliphatic heterocycles. The van der Waals surface area contributed by atoms with Crippen LogP contribution in [0.1, 0.15) is 11.1 Å². The van der Waals surface area contributed by atoms with Crippen molar-refractivity contribution in [1.29, 1.82) is 0 Å². The highest BCUT2D eigenvalue weighted by Gasteiger charge is 2.34. The molecule has 0 saturated carbocycles. The van der Waals surface area contributed by atoms with E-state index in [1.807, 2.05) is 43.3 Å². The number of aryl methyl sites for hydroxylation is 1. The van der Waals surface area contributed by atoms with Crippen LogP contribution in [0.5, 0.6) is 0 Å². The van der Waals surface area contributed by atoms with Crippen LogP contribution in [-0.4, -0.2) is 29.3 Å². The van der Waals surface area contributed by atoms with Crippen molar-refractivity contribution in [2.45, 2.75) is 6.92 Å². The minimum atomic E-state index is -0.615. The first-order valence-corrected chi connectivity index (χ1v) is 8.68. The Morgan fingerprint density at radius 1 is 1.19 bits per heavy atom. The second-order valence-electron chi connectivity index (χ2n) is 5.85. The molecule has 6 nitrogen and oxygen atoms in total. The zero-order valence-electron chi connectivity index (χ0n) is 14.0. The van der Waals surface area contributed by atoms with Gasteiger partial charge in [0.1, 0.15) is 12.2 Å². The molecule has 3 rings (SSSR count). The SMILES string of the molecule is Cc1ccc(NC(=O)CN2C(=O)NC(=Cc3cccc(Br)c3)C2=O)cc1. The molecule has 0 spiro atoms. The summed E-state index contributed by atoms with van der Waals surface area (Å²) < 4.78 is 0.859. The monoisotopic (exact) mass is 413 g/mol. The molecule has 1 fully saturated rings. The van der Waals surface area contributed by atoms with Crippen molar-refractivity contribution in [1.82, 2.24) is 10.2 Å². The summed E-state index contributed by atoms with van der Waals surface area (Å²) in [5.74, 6) is -0.977. The number of halogens is 1. The lowest BCUT2D eigenvalue weighted by Crippen LogP contribution is -2.38. The summed E-state index contributed by atoms with van der Waals surface area (Å²) in [5, 5.41) is 5.17. The molecule has 1 saturated heterocycles. The van der Waals surface area contributed by atoms with Crippen LogP contribution in [0.15, 0.2) is 58.7 Å². The van der Waals surface area contributed by atoms with Crippen molar-refractivity contribution in [2.75, 3.05) is 11.9 Å². The Balaban J connectivity index is 1.69. The largest absolute Gasteiger partial charge is 0.329 e.